The summed E-state index contributed by atoms with van der Waals surface area (Å²) in [5.41, 5.74) is 6.44. The molecule has 3 heteroatoms. The van der Waals surface area contributed by atoms with Crippen LogP contribution >= 0.6 is 0 Å². The summed E-state index contributed by atoms with van der Waals surface area (Å²) < 4.78 is 5.67. The van der Waals surface area contributed by atoms with E-state index < -0.39 is 0 Å². The molecule has 0 amide bonds. The number of ether oxygens (including phenoxy) is 1. The van der Waals surface area contributed by atoms with Gasteiger partial charge in [-0.25, -0.2) is 0 Å². The van der Waals surface area contributed by atoms with Crippen LogP contribution in [0.15, 0.2) is 24.3 Å². The van der Waals surface area contributed by atoms with Crippen molar-refractivity contribution in [2.45, 2.75) is 13.8 Å². The van der Waals surface area contributed by atoms with Gasteiger partial charge in [0, 0.05) is 31.4 Å². The van der Waals surface area contributed by atoms with Gasteiger partial charge >= 0.3 is 0 Å². The highest BCUT2D eigenvalue weighted by molar-refractivity contribution is 5.43. The number of nitrogens with zero attached hydrogens (tertiary/aromatic N) is 1. The lowest BCUT2D eigenvalue weighted by atomic mass is 9.88. The Hall–Kier alpha value is -1.22. The molecule has 0 radical (unpaired) electrons. The quantitative estimate of drug-likeness (QED) is 0.794. The average Bonchev–Trinajstić information content (AvgIpc) is 2.20. The fourth-order valence-corrected chi connectivity index (χ4v) is 2.11. The van der Waals surface area contributed by atoms with Gasteiger partial charge in [-0.15, -0.1) is 0 Å². The second-order valence-corrected chi connectivity index (χ2v) is 5.18. The molecule has 1 aromatic rings. The van der Waals surface area contributed by atoms with Gasteiger partial charge in [0.15, 0.2) is 0 Å². The number of hydrogen-bond acceptors (Lipinski definition) is 3. The summed E-state index contributed by atoms with van der Waals surface area (Å²) in [4.78, 5) is 2.44. The third-order valence-electron chi connectivity index (χ3n) is 3.46. The van der Waals surface area contributed by atoms with Gasteiger partial charge in [0.1, 0.15) is 12.4 Å². The first-order chi connectivity index (χ1) is 8.15. The van der Waals surface area contributed by atoms with E-state index >= 15 is 0 Å². The lowest BCUT2D eigenvalue weighted by Crippen LogP contribution is -2.50. The van der Waals surface area contributed by atoms with E-state index in [1.807, 2.05) is 24.3 Å². The van der Waals surface area contributed by atoms with E-state index in [1.54, 1.807) is 0 Å². The monoisotopic (exact) mass is 234 g/mol. The van der Waals surface area contributed by atoms with Crippen molar-refractivity contribution in [3.63, 3.8) is 0 Å². The normalized spacial score (nSPS) is 17.1. The number of rotatable bonds is 5. The van der Waals surface area contributed by atoms with Crippen LogP contribution in [0, 0.1) is 11.8 Å². The van der Waals surface area contributed by atoms with Gasteiger partial charge in [0.25, 0.3) is 0 Å². The van der Waals surface area contributed by atoms with Gasteiger partial charge in [-0.1, -0.05) is 19.9 Å². The Morgan fingerprint density at radius 1 is 1.41 bits per heavy atom. The standard InChI is InChI=1S/C14H22N2O/c1-11(2)12-9-16(10-12)6-7-17-14-5-3-4-13(15)8-14/h3-5,8,11-12H,6-7,9-10,15H2,1-2H3. The Balaban J connectivity index is 1.64. The number of benzene rings is 1. The van der Waals surface area contributed by atoms with Crippen LogP contribution in [0.4, 0.5) is 5.69 Å². The molecule has 94 valence electrons. The molecule has 0 unspecified atom stereocenters. The maximum atomic E-state index is 5.69. The largest absolute Gasteiger partial charge is 0.492 e. The molecule has 1 fully saturated rings. The third-order valence-corrected chi connectivity index (χ3v) is 3.46. The predicted molar refractivity (Wildman–Crippen MR) is 71.1 cm³/mol. The molecule has 1 aromatic carbocycles. The van der Waals surface area contributed by atoms with Crippen LogP contribution in [0.1, 0.15) is 13.8 Å². The molecular weight excluding hydrogens is 212 g/mol. The van der Waals surface area contributed by atoms with E-state index in [2.05, 4.69) is 18.7 Å². The molecule has 0 saturated carbocycles. The fourth-order valence-electron chi connectivity index (χ4n) is 2.11. The van der Waals surface area contributed by atoms with E-state index in [-0.39, 0.29) is 0 Å². The number of anilines is 1. The van der Waals surface area contributed by atoms with Crippen LogP contribution in [0.5, 0.6) is 5.75 Å². The summed E-state index contributed by atoms with van der Waals surface area (Å²) in [5, 5.41) is 0. The van der Waals surface area contributed by atoms with Crippen LogP contribution in [-0.4, -0.2) is 31.1 Å². The zero-order valence-corrected chi connectivity index (χ0v) is 10.7. The highest BCUT2D eigenvalue weighted by Crippen LogP contribution is 2.22. The van der Waals surface area contributed by atoms with Crippen molar-refractivity contribution >= 4 is 5.69 Å². The van der Waals surface area contributed by atoms with Crippen molar-refractivity contribution in [3.05, 3.63) is 24.3 Å². The first kappa shape index (κ1) is 12.2. The highest BCUT2D eigenvalue weighted by atomic mass is 16.5. The smallest absolute Gasteiger partial charge is 0.121 e. The number of likely N-dealkylation sites (tertiary alicyclic amines) is 1. The van der Waals surface area contributed by atoms with Gasteiger partial charge in [-0.3, -0.25) is 4.90 Å². The van der Waals surface area contributed by atoms with E-state index in [0.29, 0.717) is 0 Å². The zero-order valence-electron chi connectivity index (χ0n) is 10.7. The van der Waals surface area contributed by atoms with Crippen molar-refractivity contribution < 1.29 is 4.74 Å². The number of nitrogens with two attached hydrogens (primary N) is 1. The van der Waals surface area contributed by atoms with Crippen molar-refractivity contribution in [3.8, 4) is 5.75 Å². The van der Waals surface area contributed by atoms with E-state index in [4.69, 9.17) is 10.5 Å². The maximum absolute atomic E-state index is 5.69. The molecule has 2 rings (SSSR count). The van der Waals surface area contributed by atoms with Crippen molar-refractivity contribution in [2.24, 2.45) is 11.8 Å². The molecular formula is C14H22N2O. The topological polar surface area (TPSA) is 38.5 Å². The molecule has 1 aliphatic rings. The third kappa shape index (κ3) is 3.37. The maximum Gasteiger partial charge on any atom is 0.121 e. The Morgan fingerprint density at radius 2 is 2.18 bits per heavy atom. The predicted octanol–water partition coefficient (Wildman–Crippen LogP) is 2.24. The van der Waals surface area contributed by atoms with Crippen molar-refractivity contribution in [1.29, 1.82) is 0 Å². The molecule has 2 N–H and O–H groups in total. The van der Waals surface area contributed by atoms with Crippen LogP contribution < -0.4 is 10.5 Å². The van der Waals surface area contributed by atoms with Crippen LogP contribution in [-0.2, 0) is 0 Å². The summed E-state index contributed by atoms with van der Waals surface area (Å²) in [7, 11) is 0. The summed E-state index contributed by atoms with van der Waals surface area (Å²) in [6.07, 6.45) is 0. The second-order valence-electron chi connectivity index (χ2n) is 5.18. The minimum Gasteiger partial charge on any atom is -0.492 e. The van der Waals surface area contributed by atoms with Crippen molar-refractivity contribution in [1.82, 2.24) is 4.90 Å². The van der Waals surface area contributed by atoms with Crippen LogP contribution in [0.25, 0.3) is 0 Å². The summed E-state index contributed by atoms with van der Waals surface area (Å²) in [6, 6.07) is 7.61. The number of nitrogen functional groups attached to an aromatic ring is 1. The second kappa shape index (κ2) is 5.41. The molecule has 0 atom stereocenters. The molecule has 17 heavy (non-hydrogen) atoms. The molecule has 1 aliphatic heterocycles. The Kier molecular flexibility index (Phi) is 3.89. The van der Waals surface area contributed by atoms with E-state index in [1.165, 1.54) is 13.1 Å². The SMILES string of the molecule is CC(C)C1CN(CCOc2cccc(N)c2)C1. The fraction of sp³-hybridized carbons (Fsp3) is 0.571. The number of hydrogen-bond donors (Lipinski definition) is 1. The molecule has 0 spiro atoms. The average molecular weight is 234 g/mol. The van der Waals surface area contributed by atoms with Gasteiger partial charge in [-0.2, -0.15) is 0 Å². The zero-order chi connectivity index (χ0) is 12.3. The van der Waals surface area contributed by atoms with Gasteiger partial charge in [-0.05, 0) is 24.0 Å². The first-order valence-electron chi connectivity index (χ1n) is 6.36. The van der Waals surface area contributed by atoms with Gasteiger partial charge < -0.3 is 10.5 Å². The minimum absolute atomic E-state index is 0.744. The van der Waals surface area contributed by atoms with E-state index in [9.17, 15) is 0 Å². The highest BCUT2D eigenvalue weighted by Gasteiger charge is 2.28. The molecule has 0 bridgehead atoms. The molecule has 0 aromatic heterocycles. The molecule has 1 saturated heterocycles. The van der Waals surface area contributed by atoms with Crippen LogP contribution in [0.3, 0.4) is 0 Å². The summed E-state index contributed by atoms with van der Waals surface area (Å²) >= 11 is 0. The summed E-state index contributed by atoms with van der Waals surface area (Å²) in [5.74, 6) is 2.55. The lowest BCUT2D eigenvalue weighted by molar-refractivity contribution is 0.0556. The van der Waals surface area contributed by atoms with Gasteiger partial charge in [0.05, 0.1) is 0 Å². The van der Waals surface area contributed by atoms with Gasteiger partial charge in [0.2, 0.25) is 0 Å². The molecule has 0 aliphatic carbocycles. The molecule has 1 heterocycles. The minimum atomic E-state index is 0.744. The summed E-state index contributed by atoms with van der Waals surface area (Å²) in [6.45, 7) is 8.79. The van der Waals surface area contributed by atoms with Crippen LogP contribution in [0.2, 0.25) is 0 Å². The van der Waals surface area contributed by atoms with E-state index in [0.717, 1.165) is 36.4 Å². The first-order valence-corrected chi connectivity index (χ1v) is 6.36. The Labute approximate surface area is 104 Å². The Morgan fingerprint density at radius 3 is 2.82 bits per heavy atom. The molecule has 3 nitrogen and oxygen atoms in total. The van der Waals surface area contributed by atoms with Crippen molar-refractivity contribution in [2.75, 3.05) is 32.0 Å². The lowest BCUT2D eigenvalue weighted by Gasteiger charge is -2.41. The Bertz CT molecular complexity index is 359.